The third kappa shape index (κ3) is 21.5. The van der Waals surface area contributed by atoms with E-state index in [1.54, 1.807) is 6.08 Å². The van der Waals surface area contributed by atoms with Gasteiger partial charge in [0.2, 0.25) is 0 Å². The van der Waals surface area contributed by atoms with E-state index in [1.807, 2.05) is 6.08 Å². The number of hydrogen-bond acceptors (Lipinski definition) is 0. The van der Waals surface area contributed by atoms with Crippen LogP contribution in [0.5, 0.6) is 0 Å². The van der Waals surface area contributed by atoms with E-state index in [-0.39, 0.29) is 0 Å². The Morgan fingerprint density at radius 3 is 1.22 bits per heavy atom. The predicted molar refractivity (Wildman–Crippen MR) is 107 cm³/mol. The SMILES string of the molecule is [CH]=C/C=C/CCCCCCCCCCCCCCCCCCC. The van der Waals surface area contributed by atoms with Gasteiger partial charge in [-0.3, -0.25) is 0 Å². The van der Waals surface area contributed by atoms with Crippen LogP contribution in [0.4, 0.5) is 0 Å². The van der Waals surface area contributed by atoms with Gasteiger partial charge in [0.1, 0.15) is 0 Å². The van der Waals surface area contributed by atoms with E-state index in [0.29, 0.717) is 0 Å². The average molecular weight is 320 g/mol. The smallest absolute Gasteiger partial charge is 0.0348 e. The molecule has 0 bridgehead atoms. The lowest BCUT2D eigenvalue weighted by Crippen LogP contribution is -1.83. The molecular weight excluding hydrogens is 276 g/mol. The second-order valence-electron chi connectivity index (χ2n) is 7.07. The fourth-order valence-electron chi connectivity index (χ4n) is 3.16. The molecule has 0 aliphatic carbocycles. The van der Waals surface area contributed by atoms with Crippen molar-refractivity contribution in [1.29, 1.82) is 0 Å². The van der Waals surface area contributed by atoms with E-state index >= 15 is 0 Å². The first-order valence-corrected chi connectivity index (χ1v) is 10.6. The molecule has 0 N–H and O–H groups in total. The minimum atomic E-state index is 1.19. The van der Waals surface area contributed by atoms with Crippen molar-refractivity contribution in [1.82, 2.24) is 0 Å². The van der Waals surface area contributed by atoms with Crippen LogP contribution in [0, 0.1) is 6.58 Å². The molecule has 0 heterocycles. The summed E-state index contributed by atoms with van der Waals surface area (Å²) in [6.45, 7) is 7.59. The molecule has 23 heavy (non-hydrogen) atoms. The third-order valence-corrected chi connectivity index (χ3v) is 4.72. The summed E-state index contributed by atoms with van der Waals surface area (Å²) in [5.74, 6) is 0. The molecule has 0 aromatic heterocycles. The highest BCUT2D eigenvalue weighted by molar-refractivity contribution is 4.95. The van der Waals surface area contributed by atoms with E-state index in [0.717, 1.165) is 0 Å². The molecule has 0 spiro atoms. The Hall–Kier alpha value is -0.520. The van der Waals surface area contributed by atoms with Crippen LogP contribution in [-0.2, 0) is 0 Å². The number of allylic oxidation sites excluding steroid dienone is 3. The van der Waals surface area contributed by atoms with Gasteiger partial charge in [0, 0.05) is 0 Å². The molecule has 135 valence electrons. The monoisotopic (exact) mass is 319 g/mol. The molecule has 0 fully saturated rings. The van der Waals surface area contributed by atoms with Gasteiger partial charge < -0.3 is 0 Å². The summed E-state index contributed by atoms with van der Waals surface area (Å²) in [6.07, 6.45) is 31.4. The molecule has 0 heteroatoms. The van der Waals surface area contributed by atoms with E-state index in [4.69, 9.17) is 6.58 Å². The Morgan fingerprint density at radius 2 is 0.870 bits per heavy atom. The van der Waals surface area contributed by atoms with Crippen molar-refractivity contribution in [2.24, 2.45) is 0 Å². The van der Waals surface area contributed by atoms with Gasteiger partial charge in [-0.1, -0.05) is 134 Å². The molecule has 0 amide bonds. The highest BCUT2D eigenvalue weighted by Crippen LogP contribution is 2.14. The van der Waals surface area contributed by atoms with E-state index in [2.05, 4.69) is 13.0 Å². The number of hydrogen-bond donors (Lipinski definition) is 0. The molecule has 0 saturated heterocycles. The molecule has 0 aliphatic heterocycles. The van der Waals surface area contributed by atoms with E-state index in [9.17, 15) is 0 Å². The minimum Gasteiger partial charge on any atom is -0.0845 e. The zero-order chi connectivity index (χ0) is 16.8. The maximum Gasteiger partial charge on any atom is -0.0348 e. The van der Waals surface area contributed by atoms with Crippen molar-refractivity contribution in [2.45, 2.75) is 122 Å². The lowest BCUT2D eigenvalue weighted by molar-refractivity contribution is 0.527. The maximum absolute atomic E-state index is 5.29. The largest absolute Gasteiger partial charge is 0.0845 e. The molecular formula is C23H43. The van der Waals surface area contributed by atoms with Crippen molar-refractivity contribution in [2.75, 3.05) is 0 Å². The van der Waals surface area contributed by atoms with Crippen LogP contribution in [0.3, 0.4) is 0 Å². The highest BCUT2D eigenvalue weighted by Gasteiger charge is 1.94. The Morgan fingerprint density at radius 1 is 0.522 bits per heavy atom. The summed E-state index contributed by atoms with van der Waals surface area (Å²) in [5, 5.41) is 0. The van der Waals surface area contributed by atoms with Crippen molar-refractivity contribution in [3.63, 3.8) is 0 Å². The van der Waals surface area contributed by atoms with Crippen LogP contribution < -0.4 is 0 Å². The van der Waals surface area contributed by atoms with Gasteiger partial charge in [-0.05, 0) is 12.8 Å². The van der Waals surface area contributed by atoms with Gasteiger partial charge in [0.05, 0.1) is 0 Å². The summed E-state index contributed by atoms with van der Waals surface area (Å²) >= 11 is 0. The van der Waals surface area contributed by atoms with Crippen LogP contribution >= 0.6 is 0 Å². The summed E-state index contributed by atoms with van der Waals surface area (Å²) in [7, 11) is 0. The predicted octanol–water partition coefficient (Wildman–Crippen LogP) is 8.57. The summed E-state index contributed by atoms with van der Waals surface area (Å²) in [4.78, 5) is 0. The lowest BCUT2D eigenvalue weighted by atomic mass is 10.0. The zero-order valence-electron chi connectivity index (χ0n) is 16.0. The second-order valence-corrected chi connectivity index (χ2v) is 7.07. The summed E-state index contributed by atoms with van der Waals surface area (Å²) in [6, 6.07) is 0. The Kier molecular flexibility index (Phi) is 21.0. The van der Waals surface area contributed by atoms with Crippen LogP contribution in [0.1, 0.15) is 122 Å². The number of unbranched alkanes of at least 4 members (excludes halogenated alkanes) is 17. The summed E-state index contributed by atoms with van der Waals surface area (Å²) in [5.41, 5.74) is 0. The molecule has 0 unspecified atom stereocenters. The standard InChI is InChI=1S/C23H43/c1-3-5-7-9-11-13-15-17-19-21-23-22-20-18-16-14-12-10-8-6-4-2/h1,3,5,7H,4,6,8-23H2,2H3/b3-1?,7-5+. The van der Waals surface area contributed by atoms with E-state index < -0.39 is 0 Å². The zero-order valence-corrected chi connectivity index (χ0v) is 16.0. The van der Waals surface area contributed by atoms with Gasteiger partial charge in [-0.15, -0.1) is 0 Å². The van der Waals surface area contributed by atoms with Gasteiger partial charge in [-0.25, -0.2) is 0 Å². The average Bonchev–Trinajstić information content (AvgIpc) is 2.57. The van der Waals surface area contributed by atoms with Crippen LogP contribution in [0.25, 0.3) is 0 Å². The molecule has 0 nitrogen and oxygen atoms in total. The Bertz CT molecular complexity index is 238. The van der Waals surface area contributed by atoms with Crippen LogP contribution in [0.15, 0.2) is 18.2 Å². The second kappa shape index (κ2) is 21.5. The first-order chi connectivity index (χ1) is 11.4. The Balaban J connectivity index is 2.97. The Labute approximate surface area is 147 Å². The first kappa shape index (κ1) is 22.5. The fourth-order valence-corrected chi connectivity index (χ4v) is 3.16. The van der Waals surface area contributed by atoms with Crippen molar-refractivity contribution >= 4 is 0 Å². The van der Waals surface area contributed by atoms with Gasteiger partial charge in [0.15, 0.2) is 0 Å². The highest BCUT2D eigenvalue weighted by atomic mass is 14.0. The number of rotatable bonds is 19. The quantitative estimate of drug-likeness (QED) is 0.165. The van der Waals surface area contributed by atoms with Crippen molar-refractivity contribution in [3.05, 3.63) is 24.8 Å². The van der Waals surface area contributed by atoms with Gasteiger partial charge in [-0.2, -0.15) is 0 Å². The molecule has 0 aromatic carbocycles. The molecule has 0 aromatic rings. The lowest BCUT2D eigenvalue weighted by Gasteiger charge is -2.03. The molecule has 0 rings (SSSR count). The van der Waals surface area contributed by atoms with Gasteiger partial charge >= 0.3 is 0 Å². The normalized spacial score (nSPS) is 11.3. The molecule has 1 radical (unpaired) electrons. The van der Waals surface area contributed by atoms with Crippen molar-refractivity contribution in [3.8, 4) is 0 Å². The van der Waals surface area contributed by atoms with Crippen LogP contribution in [-0.4, -0.2) is 0 Å². The molecule has 0 saturated carbocycles. The van der Waals surface area contributed by atoms with Gasteiger partial charge in [0.25, 0.3) is 0 Å². The first-order valence-electron chi connectivity index (χ1n) is 10.6. The van der Waals surface area contributed by atoms with E-state index in [1.165, 1.54) is 116 Å². The summed E-state index contributed by atoms with van der Waals surface area (Å²) < 4.78 is 0. The molecule has 0 aliphatic rings. The topological polar surface area (TPSA) is 0 Å². The van der Waals surface area contributed by atoms with Crippen LogP contribution in [0.2, 0.25) is 0 Å². The fraction of sp³-hybridized carbons (Fsp3) is 0.826. The maximum atomic E-state index is 5.29. The molecule has 0 atom stereocenters. The van der Waals surface area contributed by atoms with Crippen molar-refractivity contribution < 1.29 is 0 Å². The minimum absolute atomic E-state index is 1.19. The third-order valence-electron chi connectivity index (χ3n) is 4.72.